The number of hydrogen-bond donors (Lipinski definition) is 2. The molecule has 0 aliphatic heterocycles. The van der Waals surface area contributed by atoms with Crippen molar-refractivity contribution < 1.29 is 0 Å². The highest BCUT2D eigenvalue weighted by atomic mass is 15.4. The lowest BCUT2D eigenvalue weighted by Gasteiger charge is -2.14. The lowest BCUT2D eigenvalue weighted by Crippen LogP contribution is -2.23. The Hall–Kier alpha value is -2.97. The number of anilines is 2. The Morgan fingerprint density at radius 2 is 2.14 bits per heavy atom. The normalized spacial score (nSPS) is 12.2. The van der Waals surface area contributed by atoms with E-state index in [0.29, 0.717) is 11.9 Å². The van der Waals surface area contributed by atoms with Gasteiger partial charge >= 0.3 is 0 Å². The molecule has 21 heavy (non-hydrogen) atoms. The minimum atomic E-state index is 0.103. The summed E-state index contributed by atoms with van der Waals surface area (Å²) < 4.78 is 3.50. The third-order valence-electron chi connectivity index (χ3n) is 2.77. The van der Waals surface area contributed by atoms with E-state index in [1.165, 1.54) is 4.68 Å². The SMILES string of the molecule is CC(Cn1ccnc1)Nc1nc(N)nc(-n2cccn2)n1. The zero-order valence-electron chi connectivity index (χ0n) is 11.5. The number of nitrogens with one attached hydrogen (secondary N) is 1. The van der Waals surface area contributed by atoms with Gasteiger partial charge in [0.25, 0.3) is 5.95 Å². The Morgan fingerprint density at radius 3 is 2.86 bits per heavy atom. The first-order valence-electron chi connectivity index (χ1n) is 6.44. The third-order valence-corrected chi connectivity index (χ3v) is 2.77. The second kappa shape index (κ2) is 5.57. The van der Waals surface area contributed by atoms with E-state index in [2.05, 4.69) is 30.4 Å². The number of nitrogen functional groups attached to an aromatic ring is 1. The van der Waals surface area contributed by atoms with Crippen molar-refractivity contribution in [3.63, 3.8) is 0 Å². The fraction of sp³-hybridized carbons (Fsp3) is 0.250. The highest BCUT2D eigenvalue weighted by molar-refractivity contribution is 5.35. The number of hydrogen-bond acceptors (Lipinski definition) is 7. The Morgan fingerprint density at radius 1 is 1.24 bits per heavy atom. The molecule has 3 N–H and O–H groups in total. The summed E-state index contributed by atoms with van der Waals surface area (Å²) in [6.45, 7) is 2.76. The van der Waals surface area contributed by atoms with Gasteiger partial charge in [-0.2, -0.15) is 20.1 Å². The second-order valence-electron chi connectivity index (χ2n) is 4.57. The third kappa shape index (κ3) is 3.14. The molecule has 0 bridgehead atoms. The second-order valence-corrected chi connectivity index (χ2v) is 4.57. The lowest BCUT2D eigenvalue weighted by atomic mass is 10.3. The van der Waals surface area contributed by atoms with Gasteiger partial charge in [-0.05, 0) is 13.0 Å². The van der Waals surface area contributed by atoms with Crippen LogP contribution in [0.2, 0.25) is 0 Å². The van der Waals surface area contributed by atoms with Gasteiger partial charge in [-0.15, -0.1) is 0 Å². The van der Waals surface area contributed by atoms with Crippen molar-refractivity contribution in [2.45, 2.75) is 19.5 Å². The van der Waals surface area contributed by atoms with Crippen LogP contribution in [0.25, 0.3) is 5.95 Å². The minimum Gasteiger partial charge on any atom is -0.368 e. The summed E-state index contributed by atoms with van der Waals surface area (Å²) in [6.07, 6.45) is 8.79. The van der Waals surface area contributed by atoms with E-state index in [0.717, 1.165) is 6.54 Å². The van der Waals surface area contributed by atoms with E-state index in [1.54, 1.807) is 31.0 Å². The van der Waals surface area contributed by atoms with Crippen LogP contribution < -0.4 is 11.1 Å². The molecule has 3 rings (SSSR count). The van der Waals surface area contributed by atoms with Gasteiger partial charge in [-0.25, -0.2) is 9.67 Å². The van der Waals surface area contributed by atoms with Gasteiger partial charge in [0.2, 0.25) is 11.9 Å². The largest absolute Gasteiger partial charge is 0.368 e. The van der Waals surface area contributed by atoms with Gasteiger partial charge in [-0.1, -0.05) is 0 Å². The number of nitrogens with zero attached hydrogens (tertiary/aromatic N) is 7. The van der Waals surface area contributed by atoms with Crippen LogP contribution in [0.1, 0.15) is 6.92 Å². The van der Waals surface area contributed by atoms with Gasteiger partial charge in [0.1, 0.15) is 0 Å². The van der Waals surface area contributed by atoms with Crippen LogP contribution in [-0.2, 0) is 6.54 Å². The molecule has 0 aliphatic carbocycles. The number of nitrogens with two attached hydrogens (primary N) is 1. The molecule has 1 atom stereocenters. The molecule has 0 aliphatic rings. The van der Waals surface area contributed by atoms with Gasteiger partial charge in [0.05, 0.1) is 6.33 Å². The van der Waals surface area contributed by atoms with Crippen molar-refractivity contribution in [2.75, 3.05) is 11.1 Å². The molecule has 0 saturated heterocycles. The van der Waals surface area contributed by atoms with Crippen LogP contribution in [0.3, 0.4) is 0 Å². The molecule has 9 heteroatoms. The predicted octanol–water partition coefficient (Wildman–Crippen LogP) is 0.337. The maximum Gasteiger partial charge on any atom is 0.257 e. The monoisotopic (exact) mass is 285 g/mol. The van der Waals surface area contributed by atoms with Crippen LogP contribution >= 0.6 is 0 Å². The molecule has 0 radical (unpaired) electrons. The summed E-state index contributed by atoms with van der Waals surface area (Å²) in [6, 6.07) is 1.89. The van der Waals surface area contributed by atoms with Crippen LogP contribution in [0.15, 0.2) is 37.2 Å². The van der Waals surface area contributed by atoms with Crippen molar-refractivity contribution in [3.05, 3.63) is 37.2 Å². The Balaban J connectivity index is 1.76. The maximum atomic E-state index is 5.72. The quantitative estimate of drug-likeness (QED) is 0.694. The summed E-state index contributed by atoms with van der Waals surface area (Å²) in [4.78, 5) is 16.5. The average molecular weight is 285 g/mol. The standard InChI is InChI=1S/C12H15N9/c1-9(7-20-6-4-14-8-20)16-11-17-10(13)18-12(19-11)21-5-2-3-15-21/h2-6,8-9H,7H2,1H3,(H3,13,16,17,18,19). The molecular formula is C12H15N9. The van der Waals surface area contributed by atoms with Crippen LogP contribution in [0, 0.1) is 0 Å². The molecule has 0 fully saturated rings. The number of aromatic nitrogens is 7. The Bertz CT molecular complexity index is 690. The minimum absolute atomic E-state index is 0.103. The van der Waals surface area contributed by atoms with Gasteiger partial charge in [-0.3, -0.25) is 0 Å². The molecule has 9 nitrogen and oxygen atoms in total. The highest BCUT2D eigenvalue weighted by Crippen LogP contribution is 2.08. The fourth-order valence-electron chi connectivity index (χ4n) is 1.91. The van der Waals surface area contributed by atoms with Crippen molar-refractivity contribution in [3.8, 4) is 5.95 Å². The van der Waals surface area contributed by atoms with Crippen molar-refractivity contribution in [1.82, 2.24) is 34.3 Å². The molecule has 3 aromatic heterocycles. The molecule has 0 saturated carbocycles. The topological polar surface area (TPSA) is 112 Å². The first-order chi connectivity index (χ1) is 10.2. The first-order valence-corrected chi connectivity index (χ1v) is 6.44. The van der Waals surface area contributed by atoms with Crippen molar-refractivity contribution >= 4 is 11.9 Å². The first kappa shape index (κ1) is 13.0. The maximum absolute atomic E-state index is 5.72. The molecule has 108 valence electrons. The van der Waals surface area contributed by atoms with Gasteiger partial charge in [0, 0.05) is 37.4 Å². The number of rotatable bonds is 5. The summed E-state index contributed by atoms with van der Waals surface area (Å²) in [7, 11) is 0. The average Bonchev–Trinajstić information content (AvgIpc) is 3.10. The summed E-state index contributed by atoms with van der Waals surface area (Å²) >= 11 is 0. The molecule has 0 aromatic carbocycles. The summed E-state index contributed by atoms with van der Waals surface area (Å²) in [5.74, 6) is 0.943. The smallest absolute Gasteiger partial charge is 0.257 e. The zero-order valence-corrected chi connectivity index (χ0v) is 11.5. The molecule has 0 amide bonds. The van der Waals surface area contributed by atoms with E-state index in [9.17, 15) is 0 Å². The number of imidazole rings is 1. The Labute approximate surface area is 120 Å². The molecule has 0 spiro atoms. The van der Waals surface area contributed by atoms with Crippen LogP contribution in [-0.4, -0.2) is 40.3 Å². The molecule has 1 unspecified atom stereocenters. The fourth-order valence-corrected chi connectivity index (χ4v) is 1.91. The van der Waals surface area contributed by atoms with E-state index in [-0.39, 0.29) is 12.0 Å². The van der Waals surface area contributed by atoms with E-state index in [4.69, 9.17) is 5.73 Å². The summed E-state index contributed by atoms with van der Waals surface area (Å²) in [5.41, 5.74) is 5.72. The molecule has 3 aromatic rings. The van der Waals surface area contributed by atoms with E-state index in [1.807, 2.05) is 17.7 Å². The van der Waals surface area contributed by atoms with Crippen molar-refractivity contribution in [2.24, 2.45) is 0 Å². The lowest BCUT2D eigenvalue weighted by molar-refractivity contribution is 0.613. The van der Waals surface area contributed by atoms with Gasteiger partial charge in [0.15, 0.2) is 0 Å². The summed E-state index contributed by atoms with van der Waals surface area (Å²) in [5, 5.41) is 7.27. The van der Waals surface area contributed by atoms with Crippen LogP contribution in [0.5, 0.6) is 0 Å². The van der Waals surface area contributed by atoms with Crippen molar-refractivity contribution in [1.29, 1.82) is 0 Å². The Kier molecular flexibility index (Phi) is 3.46. The highest BCUT2D eigenvalue weighted by Gasteiger charge is 2.09. The van der Waals surface area contributed by atoms with Gasteiger partial charge < -0.3 is 15.6 Å². The van der Waals surface area contributed by atoms with E-state index >= 15 is 0 Å². The molecular weight excluding hydrogens is 270 g/mol. The van der Waals surface area contributed by atoms with Crippen LogP contribution in [0.4, 0.5) is 11.9 Å². The predicted molar refractivity (Wildman–Crippen MR) is 76.7 cm³/mol. The van der Waals surface area contributed by atoms with E-state index < -0.39 is 0 Å². The molecule has 3 heterocycles. The zero-order chi connectivity index (χ0) is 14.7.